The molecule has 1 aliphatic heterocycles. The molecule has 4 rings (SSSR count). The zero-order valence-corrected chi connectivity index (χ0v) is 21.8. The lowest BCUT2D eigenvalue weighted by Crippen LogP contribution is -2.42. The van der Waals surface area contributed by atoms with E-state index in [-0.39, 0.29) is 12.5 Å². The number of hydrogen-bond acceptors (Lipinski definition) is 5. The number of methoxy groups -OCH3 is 1. The van der Waals surface area contributed by atoms with Crippen LogP contribution in [0.3, 0.4) is 0 Å². The summed E-state index contributed by atoms with van der Waals surface area (Å²) in [5.41, 5.74) is 1.45. The minimum absolute atomic E-state index is 0.155. The van der Waals surface area contributed by atoms with Crippen LogP contribution in [0.5, 0.6) is 5.75 Å². The van der Waals surface area contributed by atoms with Crippen molar-refractivity contribution in [2.45, 2.75) is 36.8 Å². The summed E-state index contributed by atoms with van der Waals surface area (Å²) in [4.78, 5) is 7.94. The summed E-state index contributed by atoms with van der Waals surface area (Å²) in [6.07, 6.45) is 3.91. The predicted octanol–water partition coefficient (Wildman–Crippen LogP) is 6.80. The Labute approximate surface area is 216 Å². The molecule has 0 radical (unpaired) electrons. The number of rotatable bonds is 11. The standard InChI is InChI=1S/C28H34ClFN2O2S/c1-34-22-8-10-27-24(17-22)23(11-13-31-27)26(30)9-7-20-12-15-32(18-21(20)19-33)14-4-16-35-28-6-3-2-5-25(28)29/h2-3,5-6,8,10-11,13,17,20-21,26,33H,4,7,9,12,14-16,18-19H2,1H3/t20-,21-,26+/m1/s1. The monoisotopic (exact) mass is 516 g/mol. The first kappa shape index (κ1) is 26.2. The van der Waals surface area contributed by atoms with Gasteiger partial charge in [-0.05, 0) is 98.3 Å². The maximum atomic E-state index is 15.4. The highest BCUT2D eigenvalue weighted by atomic mass is 35.5. The minimum Gasteiger partial charge on any atom is -0.497 e. The van der Waals surface area contributed by atoms with E-state index >= 15 is 4.39 Å². The van der Waals surface area contributed by atoms with E-state index in [0.717, 1.165) is 65.5 Å². The molecule has 188 valence electrons. The van der Waals surface area contributed by atoms with Crippen molar-refractivity contribution >= 4 is 34.3 Å². The van der Waals surface area contributed by atoms with Crippen molar-refractivity contribution in [2.75, 3.05) is 39.1 Å². The number of piperidine rings is 1. The lowest BCUT2D eigenvalue weighted by Gasteiger charge is -2.38. The second kappa shape index (κ2) is 12.9. The molecule has 0 bridgehead atoms. The van der Waals surface area contributed by atoms with Crippen LogP contribution in [0, 0.1) is 11.8 Å². The first-order valence-electron chi connectivity index (χ1n) is 12.4. The zero-order valence-electron chi connectivity index (χ0n) is 20.2. The summed E-state index contributed by atoms with van der Waals surface area (Å²) in [7, 11) is 1.61. The molecule has 2 aromatic carbocycles. The molecular weight excluding hydrogens is 483 g/mol. The van der Waals surface area contributed by atoms with Gasteiger partial charge < -0.3 is 14.7 Å². The highest BCUT2D eigenvalue weighted by Crippen LogP contribution is 2.35. The van der Waals surface area contributed by atoms with Gasteiger partial charge in [-0.2, -0.15) is 0 Å². The number of hydrogen-bond donors (Lipinski definition) is 1. The van der Waals surface area contributed by atoms with Crippen LogP contribution >= 0.6 is 23.4 Å². The van der Waals surface area contributed by atoms with Gasteiger partial charge in [0, 0.05) is 29.6 Å². The molecule has 0 unspecified atom stereocenters. The summed E-state index contributed by atoms with van der Waals surface area (Å²) in [6.45, 7) is 3.05. The van der Waals surface area contributed by atoms with Gasteiger partial charge in [0.15, 0.2) is 0 Å². The number of aliphatic hydroxyl groups is 1. The molecule has 3 atom stereocenters. The van der Waals surface area contributed by atoms with Crippen LogP contribution in [0.1, 0.15) is 37.4 Å². The molecule has 0 spiro atoms. The highest BCUT2D eigenvalue weighted by Gasteiger charge is 2.29. The number of thioether (sulfide) groups is 1. The van der Waals surface area contributed by atoms with Gasteiger partial charge in [0.25, 0.3) is 0 Å². The Kier molecular flexibility index (Phi) is 9.67. The topological polar surface area (TPSA) is 45.6 Å². The summed E-state index contributed by atoms with van der Waals surface area (Å²) in [6, 6.07) is 15.3. The van der Waals surface area contributed by atoms with Gasteiger partial charge in [0.05, 0.1) is 17.6 Å². The van der Waals surface area contributed by atoms with Crippen molar-refractivity contribution in [3.8, 4) is 5.75 Å². The first-order valence-corrected chi connectivity index (χ1v) is 13.7. The van der Waals surface area contributed by atoms with Gasteiger partial charge in [0.2, 0.25) is 0 Å². The third-order valence-electron chi connectivity index (χ3n) is 7.03. The maximum Gasteiger partial charge on any atom is 0.126 e. The number of likely N-dealkylation sites (tertiary alicyclic amines) is 1. The third kappa shape index (κ3) is 6.88. The number of halogens is 2. The number of nitrogens with zero attached hydrogens (tertiary/aromatic N) is 2. The summed E-state index contributed by atoms with van der Waals surface area (Å²) in [5.74, 6) is 2.26. The Morgan fingerprint density at radius 2 is 2.09 bits per heavy atom. The summed E-state index contributed by atoms with van der Waals surface area (Å²) >= 11 is 8.04. The number of ether oxygens (including phenoxy) is 1. The van der Waals surface area contributed by atoms with Crippen LogP contribution in [0.4, 0.5) is 4.39 Å². The van der Waals surface area contributed by atoms with E-state index in [2.05, 4.69) is 16.0 Å². The lowest BCUT2D eigenvalue weighted by molar-refractivity contribution is 0.0640. The van der Waals surface area contributed by atoms with Crippen molar-refractivity contribution in [2.24, 2.45) is 11.8 Å². The smallest absolute Gasteiger partial charge is 0.126 e. The molecule has 1 saturated heterocycles. The lowest BCUT2D eigenvalue weighted by atomic mass is 9.81. The normalized spacial score (nSPS) is 19.7. The van der Waals surface area contributed by atoms with Crippen molar-refractivity contribution in [1.29, 1.82) is 0 Å². The molecule has 3 aromatic rings. The molecule has 4 nitrogen and oxygen atoms in total. The minimum atomic E-state index is -1.06. The molecule has 1 N–H and O–H groups in total. The second-order valence-electron chi connectivity index (χ2n) is 9.25. The van der Waals surface area contributed by atoms with Crippen molar-refractivity contribution < 1.29 is 14.2 Å². The van der Waals surface area contributed by atoms with Crippen LogP contribution in [-0.2, 0) is 0 Å². The molecule has 7 heteroatoms. The van der Waals surface area contributed by atoms with Gasteiger partial charge in [-0.3, -0.25) is 4.98 Å². The Morgan fingerprint density at radius 3 is 2.89 bits per heavy atom. The summed E-state index contributed by atoms with van der Waals surface area (Å²) < 4.78 is 20.7. The third-order valence-corrected chi connectivity index (χ3v) is 8.64. The number of fused-ring (bicyclic) bond motifs is 1. The van der Waals surface area contributed by atoms with E-state index in [1.807, 2.05) is 36.4 Å². The van der Waals surface area contributed by atoms with Crippen molar-refractivity contribution in [1.82, 2.24) is 9.88 Å². The summed E-state index contributed by atoms with van der Waals surface area (Å²) in [5, 5.41) is 11.7. The van der Waals surface area contributed by atoms with E-state index in [9.17, 15) is 5.11 Å². The number of alkyl halides is 1. The van der Waals surface area contributed by atoms with Gasteiger partial charge in [-0.25, -0.2) is 4.39 Å². The fraction of sp³-hybridized carbons (Fsp3) is 0.464. The van der Waals surface area contributed by atoms with E-state index in [1.165, 1.54) is 0 Å². The van der Waals surface area contributed by atoms with Gasteiger partial charge >= 0.3 is 0 Å². The number of aliphatic hydroxyl groups excluding tert-OH is 1. The highest BCUT2D eigenvalue weighted by molar-refractivity contribution is 7.99. The van der Waals surface area contributed by atoms with E-state index < -0.39 is 6.17 Å². The van der Waals surface area contributed by atoms with Crippen LogP contribution < -0.4 is 4.74 Å². The zero-order chi connectivity index (χ0) is 24.6. The van der Waals surface area contributed by atoms with Crippen LogP contribution in [0.25, 0.3) is 10.9 Å². The average Bonchev–Trinajstić information content (AvgIpc) is 2.90. The number of benzene rings is 2. The molecular formula is C28H34ClFN2O2S. The second-order valence-corrected chi connectivity index (χ2v) is 10.8. The Balaban J connectivity index is 1.26. The largest absolute Gasteiger partial charge is 0.497 e. The molecule has 2 heterocycles. The van der Waals surface area contributed by atoms with Crippen molar-refractivity contribution in [3.05, 3.63) is 65.3 Å². The maximum absolute atomic E-state index is 15.4. The fourth-order valence-corrected chi connectivity index (χ4v) is 6.21. The SMILES string of the molecule is COc1ccc2nccc([C@@H](F)CC[C@@H]3CCN(CCCSc4ccccc4Cl)C[C@@H]3CO)c2c1. The van der Waals surface area contributed by atoms with Crippen LogP contribution in [0.15, 0.2) is 59.6 Å². The van der Waals surface area contributed by atoms with E-state index in [0.29, 0.717) is 23.7 Å². The molecule has 1 aromatic heterocycles. The molecule has 0 saturated carbocycles. The first-order chi connectivity index (χ1) is 17.1. The Morgan fingerprint density at radius 1 is 1.23 bits per heavy atom. The molecule has 0 amide bonds. The molecule has 1 fully saturated rings. The Hall–Kier alpha value is -1.86. The van der Waals surface area contributed by atoms with Crippen LogP contribution in [0.2, 0.25) is 5.02 Å². The van der Waals surface area contributed by atoms with Gasteiger partial charge in [-0.1, -0.05) is 23.7 Å². The van der Waals surface area contributed by atoms with Gasteiger partial charge in [-0.15, -0.1) is 11.8 Å². The van der Waals surface area contributed by atoms with Crippen LogP contribution in [-0.4, -0.2) is 54.1 Å². The predicted molar refractivity (Wildman–Crippen MR) is 143 cm³/mol. The molecule has 0 aliphatic carbocycles. The number of aromatic nitrogens is 1. The van der Waals surface area contributed by atoms with E-state index in [4.69, 9.17) is 16.3 Å². The quantitative estimate of drug-likeness (QED) is 0.224. The molecule has 1 aliphatic rings. The fourth-order valence-electron chi connectivity index (χ4n) is 5.04. The van der Waals surface area contributed by atoms with Gasteiger partial charge in [0.1, 0.15) is 11.9 Å². The number of pyridine rings is 1. The van der Waals surface area contributed by atoms with Crippen molar-refractivity contribution in [3.63, 3.8) is 0 Å². The molecule has 35 heavy (non-hydrogen) atoms. The average molecular weight is 517 g/mol. The Bertz CT molecular complexity index is 1100. The van der Waals surface area contributed by atoms with E-state index in [1.54, 1.807) is 31.1 Å².